The summed E-state index contributed by atoms with van der Waals surface area (Å²) in [5.41, 5.74) is 1.54. The Labute approximate surface area is 169 Å². The number of halogens is 1. The third kappa shape index (κ3) is 4.33. The van der Waals surface area contributed by atoms with E-state index in [2.05, 4.69) is 15.3 Å². The van der Waals surface area contributed by atoms with E-state index in [-0.39, 0.29) is 11.8 Å². The highest BCUT2D eigenvalue weighted by molar-refractivity contribution is 7.86. The van der Waals surface area contributed by atoms with E-state index < -0.39 is 10.2 Å². The van der Waals surface area contributed by atoms with Gasteiger partial charge in [0.1, 0.15) is 5.82 Å². The van der Waals surface area contributed by atoms with Gasteiger partial charge in [0.25, 0.3) is 16.1 Å². The number of amides is 1. The van der Waals surface area contributed by atoms with Gasteiger partial charge >= 0.3 is 0 Å². The van der Waals surface area contributed by atoms with Crippen LogP contribution in [-0.2, 0) is 10.2 Å². The SMILES string of the molecule is Cc1nc(C2CCN(S(=O)(=O)N(C)C)C2)ncc1C(=O)Nc1ccc(Cl)cc1. The molecule has 1 saturated heterocycles. The summed E-state index contributed by atoms with van der Waals surface area (Å²) in [5.74, 6) is 0.147. The predicted molar refractivity (Wildman–Crippen MR) is 108 cm³/mol. The number of aromatic nitrogens is 2. The second-order valence-electron chi connectivity index (χ2n) is 6.82. The second-order valence-corrected chi connectivity index (χ2v) is 9.40. The molecular weight excluding hydrogens is 402 g/mol. The zero-order valence-corrected chi connectivity index (χ0v) is 17.5. The molecule has 1 atom stereocenters. The average Bonchev–Trinajstić information content (AvgIpc) is 3.14. The molecule has 1 N–H and O–H groups in total. The Kier molecular flexibility index (Phi) is 5.99. The topological polar surface area (TPSA) is 95.5 Å². The van der Waals surface area contributed by atoms with Crippen LogP contribution < -0.4 is 5.32 Å². The van der Waals surface area contributed by atoms with E-state index >= 15 is 0 Å². The molecule has 0 radical (unpaired) electrons. The monoisotopic (exact) mass is 423 g/mol. The maximum absolute atomic E-state index is 12.5. The highest BCUT2D eigenvalue weighted by Gasteiger charge is 2.34. The molecular formula is C18H22ClN5O3S. The number of nitrogens with zero attached hydrogens (tertiary/aromatic N) is 4. The Balaban J connectivity index is 1.72. The molecule has 0 bridgehead atoms. The lowest BCUT2D eigenvalue weighted by Crippen LogP contribution is -2.38. The van der Waals surface area contributed by atoms with Crippen LogP contribution in [0.2, 0.25) is 5.02 Å². The van der Waals surface area contributed by atoms with Crippen molar-refractivity contribution in [1.82, 2.24) is 18.6 Å². The van der Waals surface area contributed by atoms with Crippen LogP contribution >= 0.6 is 11.6 Å². The van der Waals surface area contributed by atoms with Crippen LogP contribution in [0.3, 0.4) is 0 Å². The number of nitrogens with one attached hydrogen (secondary N) is 1. The van der Waals surface area contributed by atoms with Gasteiger partial charge in [0.2, 0.25) is 0 Å². The molecule has 0 aliphatic carbocycles. The largest absolute Gasteiger partial charge is 0.322 e. The molecule has 28 heavy (non-hydrogen) atoms. The first-order valence-electron chi connectivity index (χ1n) is 8.76. The van der Waals surface area contributed by atoms with Crippen molar-refractivity contribution in [3.05, 3.63) is 52.6 Å². The van der Waals surface area contributed by atoms with Crippen LogP contribution in [0.25, 0.3) is 0 Å². The van der Waals surface area contributed by atoms with Gasteiger partial charge < -0.3 is 5.32 Å². The summed E-state index contributed by atoms with van der Waals surface area (Å²) in [5, 5.41) is 3.37. The molecule has 1 amide bonds. The Hall–Kier alpha value is -2.07. The molecule has 1 unspecified atom stereocenters. The Bertz CT molecular complexity index is 979. The smallest absolute Gasteiger partial charge is 0.281 e. The van der Waals surface area contributed by atoms with E-state index in [9.17, 15) is 13.2 Å². The van der Waals surface area contributed by atoms with Crippen molar-refractivity contribution in [3.63, 3.8) is 0 Å². The zero-order chi connectivity index (χ0) is 20.5. The van der Waals surface area contributed by atoms with E-state index in [4.69, 9.17) is 11.6 Å². The molecule has 1 fully saturated rings. The normalized spacial score (nSPS) is 17.8. The van der Waals surface area contributed by atoms with Gasteiger partial charge in [-0.3, -0.25) is 4.79 Å². The van der Waals surface area contributed by atoms with Crippen molar-refractivity contribution >= 4 is 33.4 Å². The van der Waals surface area contributed by atoms with Crippen LogP contribution in [0, 0.1) is 6.92 Å². The van der Waals surface area contributed by atoms with Crippen molar-refractivity contribution in [3.8, 4) is 0 Å². The summed E-state index contributed by atoms with van der Waals surface area (Å²) < 4.78 is 27.2. The maximum Gasteiger partial charge on any atom is 0.281 e. The molecule has 3 rings (SSSR count). The molecule has 2 aromatic rings. The van der Waals surface area contributed by atoms with Crippen LogP contribution in [0.1, 0.15) is 34.2 Å². The summed E-state index contributed by atoms with van der Waals surface area (Å²) >= 11 is 5.85. The second kappa shape index (κ2) is 8.12. The Morgan fingerprint density at radius 2 is 1.96 bits per heavy atom. The van der Waals surface area contributed by atoms with Crippen LogP contribution in [-0.4, -0.2) is 60.1 Å². The molecule has 1 aliphatic heterocycles. The molecule has 8 nitrogen and oxygen atoms in total. The summed E-state index contributed by atoms with van der Waals surface area (Å²) in [7, 11) is -0.427. The molecule has 0 saturated carbocycles. The van der Waals surface area contributed by atoms with Crippen molar-refractivity contribution < 1.29 is 13.2 Å². The number of benzene rings is 1. The van der Waals surface area contributed by atoms with E-state index in [1.807, 2.05) is 0 Å². The summed E-state index contributed by atoms with van der Waals surface area (Å²) in [6.45, 7) is 2.49. The van der Waals surface area contributed by atoms with E-state index in [0.717, 1.165) is 0 Å². The lowest BCUT2D eigenvalue weighted by atomic mass is 10.1. The van der Waals surface area contributed by atoms with Gasteiger partial charge in [-0.05, 0) is 37.6 Å². The molecule has 150 valence electrons. The first-order chi connectivity index (χ1) is 13.2. The van der Waals surface area contributed by atoms with Gasteiger partial charge in [-0.2, -0.15) is 17.0 Å². The van der Waals surface area contributed by atoms with Gasteiger partial charge in [0.15, 0.2) is 0 Å². The molecule has 2 heterocycles. The number of anilines is 1. The highest BCUT2D eigenvalue weighted by Crippen LogP contribution is 2.27. The van der Waals surface area contributed by atoms with Gasteiger partial charge in [0, 0.05) is 50.0 Å². The highest BCUT2D eigenvalue weighted by atomic mass is 35.5. The number of carbonyl (C=O) groups excluding carboxylic acids is 1. The van der Waals surface area contributed by atoms with Crippen molar-refractivity contribution in [1.29, 1.82) is 0 Å². The van der Waals surface area contributed by atoms with E-state index in [1.54, 1.807) is 31.2 Å². The minimum Gasteiger partial charge on any atom is -0.322 e. The zero-order valence-electron chi connectivity index (χ0n) is 15.9. The molecule has 10 heteroatoms. The minimum atomic E-state index is -3.45. The first-order valence-corrected chi connectivity index (χ1v) is 10.5. The fourth-order valence-electron chi connectivity index (χ4n) is 3.02. The summed E-state index contributed by atoms with van der Waals surface area (Å²) in [6.07, 6.45) is 2.13. The number of rotatable bonds is 5. The van der Waals surface area contributed by atoms with E-state index in [1.165, 1.54) is 28.9 Å². The van der Waals surface area contributed by atoms with Crippen LogP contribution in [0.15, 0.2) is 30.5 Å². The lowest BCUT2D eigenvalue weighted by Gasteiger charge is -2.20. The van der Waals surface area contributed by atoms with E-state index in [0.29, 0.717) is 47.3 Å². The number of hydrogen-bond acceptors (Lipinski definition) is 5. The van der Waals surface area contributed by atoms with Gasteiger partial charge in [-0.15, -0.1) is 0 Å². The molecule has 1 aromatic heterocycles. The quantitative estimate of drug-likeness (QED) is 0.795. The number of hydrogen-bond donors (Lipinski definition) is 1. The van der Waals surface area contributed by atoms with Gasteiger partial charge in [-0.1, -0.05) is 11.6 Å². The average molecular weight is 424 g/mol. The third-order valence-corrected chi connectivity index (χ3v) is 6.81. The van der Waals surface area contributed by atoms with Crippen molar-refractivity contribution in [2.24, 2.45) is 0 Å². The standard InChI is InChI=1S/C18H22ClN5O3S/c1-12-16(18(25)22-15-6-4-14(19)5-7-15)10-20-17(21-12)13-8-9-24(11-13)28(26,27)23(2)3/h4-7,10,13H,8-9,11H2,1-3H3,(H,22,25). The Morgan fingerprint density at radius 1 is 1.29 bits per heavy atom. The van der Waals surface area contributed by atoms with Crippen molar-refractivity contribution in [2.45, 2.75) is 19.3 Å². The summed E-state index contributed by atoms with van der Waals surface area (Å²) in [4.78, 5) is 21.3. The lowest BCUT2D eigenvalue weighted by molar-refractivity contribution is 0.102. The van der Waals surface area contributed by atoms with Gasteiger partial charge in [0.05, 0.1) is 11.3 Å². The fourth-order valence-corrected chi connectivity index (χ4v) is 4.31. The molecule has 1 aliphatic rings. The van der Waals surface area contributed by atoms with Gasteiger partial charge in [-0.25, -0.2) is 9.97 Å². The summed E-state index contributed by atoms with van der Waals surface area (Å²) in [6, 6.07) is 6.81. The Morgan fingerprint density at radius 3 is 2.57 bits per heavy atom. The first kappa shape index (κ1) is 20.7. The maximum atomic E-state index is 12.5. The fraction of sp³-hybridized carbons (Fsp3) is 0.389. The van der Waals surface area contributed by atoms with Crippen molar-refractivity contribution in [2.75, 3.05) is 32.5 Å². The minimum absolute atomic E-state index is 0.0956. The third-order valence-electron chi connectivity index (χ3n) is 4.65. The predicted octanol–water partition coefficient (Wildman–Crippen LogP) is 2.29. The number of carbonyl (C=O) groups is 1. The molecule has 1 aromatic carbocycles. The number of aryl methyl sites for hydroxylation is 1. The van der Waals surface area contributed by atoms with Crippen LogP contribution in [0.4, 0.5) is 5.69 Å². The molecule has 0 spiro atoms. The van der Waals surface area contributed by atoms with Crippen LogP contribution in [0.5, 0.6) is 0 Å².